The van der Waals surface area contributed by atoms with Gasteiger partial charge in [0.1, 0.15) is 6.54 Å². The molecule has 0 N–H and O–H groups in total. The lowest BCUT2D eigenvalue weighted by molar-refractivity contribution is -0.140. The number of methoxy groups -OCH3 is 1. The normalized spacial score (nSPS) is 20.1. The third-order valence-corrected chi connectivity index (χ3v) is 7.01. The molecule has 0 unspecified atom stereocenters. The van der Waals surface area contributed by atoms with Gasteiger partial charge in [-0.15, -0.1) is 0 Å². The number of fused-ring (bicyclic) bond motifs is 1. The average molecular weight is 410 g/mol. The first-order valence-electron chi connectivity index (χ1n) is 8.67. The van der Waals surface area contributed by atoms with Crippen LogP contribution in [0.4, 0.5) is 5.69 Å². The maximum absolute atomic E-state index is 12.0. The Kier molecular flexibility index (Phi) is 5.19. The van der Waals surface area contributed by atoms with Crippen LogP contribution < -0.4 is 4.90 Å². The molecule has 142 valence electrons. The molecule has 1 fully saturated rings. The number of para-hydroxylation sites is 1. The Balaban J connectivity index is 1.74. The molecule has 0 atom stereocenters. The summed E-state index contributed by atoms with van der Waals surface area (Å²) in [5, 5.41) is 2.01. The minimum absolute atomic E-state index is 0.110. The third kappa shape index (κ3) is 3.43. The summed E-state index contributed by atoms with van der Waals surface area (Å²) in [6.07, 6.45) is 3.72. The minimum atomic E-state index is -0.310. The summed E-state index contributed by atoms with van der Waals surface area (Å²) in [6, 6.07) is 14.1. The number of esters is 1. The van der Waals surface area contributed by atoms with Gasteiger partial charge in [-0.2, -0.15) is 0 Å². The Morgan fingerprint density at radius 1 is 1.21 bits per heavy atom. The number of hydrogen-bond acceptors (Lipinski definition) is 7. The average Bonchev–Trinajstić information content (AvgIpc) is 3.20. The molecule has 1 saturated heterocycles. The number of carbonyl (C=O) groups excluding carboxylic acids is 1. The summed E-state index contributed by atoms with van der Waals surface area (Å²) in [6.45, 7) is 4.39. The van der Waals surface area contributed by atoms with Gasteiger partial charge in [-0.25, -0.2) is 0 Å². The topological polar surface area (TPSA) is 45.7 Å². The van der Waals surface area contributed by atoms with Gasteiger partial charge >= 0.3 is 5.97 Å². The van der Waals surface area contributed by atoms with Crippen LogP contribution in [0.1, 0.15) is 5.69 Å². The fraction of sp³-hybridized carbons (Fsp3) is 0.143. The summed E-state index contributed by atoms with van der Waals surface area (Å²) in [7, 11) is 3.45. The van der Waals surface area contributed by atoms with E-state index in [1.165, 1.54) is 17.7 Å². The Morgan fingerprint density at radius 3 is 2.71 bits per heavy atom. The Bertz CT molecular complexity index is 1000. The molecule has 1 aromatic heterocycles. The molecule has 0 aliphatic carbocycles. The zero-order chi connectivity index (χ0) is 19.7. The van der Waals surface area contributed by atoms with Crippen LogP contribution in [0.5, 0.6) is 0 Å². The number of ether oxygens (including phenoxy) is 1. The summed E-state index contributed by atoms with van der Waals surface area (Å²) in [4.78, 5) is 22.7. The van der Waals surface area contributed by atoms with Crippen molar-refractivity contribution < 1.29 is 9.53 Å². The zero-order valence-corrected chi connectivity index (χ0v) is 17.2. The fourth-order valence-corrected chi connectivity index (χ4v) is 5.49. The number of thioether (sulfide) groups is 2. The molecule has 7 heteroatoms. The van der Waals surface area contributed by atoms with Crippen molar-refractivity contribution in [3.63, 3.8) is 0 Å². The number of benzene rings is 1. The SMILES string of the molecule is C=C1/C(=C2\Sc3ccccc3N2C)S/C(=C\c2ccccn2)N1CC(=O)OC. The quantitative estimate of drug-likeness (QED) is 0.690. The highest BCUT2D eigenvalue weighted by molar-refractivity contribution is 8.09. The van der Waals surface area contributed by atoms with Gasteiger partial charge < -0.3 is 14.5 Å². The van der Waals surface area contributed by atoms with Crippen molar-refractivity contribution in [2.75, 3.05) is 25.6 Å². The van der Waals surface area contributed by atoms with Crippen LogP contribution >= 0.6 is 23.5 Å². The Labute approximate surface area is 172 Å². The largest absolute Gasteiger partial charge is 0.468 e. The minimum Gasteiger partial charge on any atom is -0.468 e. The van der Waals surface area contributed by atoms with Gasteiger partial charge in [0.2, 0.25) is 0 Å². The van der Waals surface area contributed by atoms with Crippen LogP contribution in [0, 0.1) is 0 Å². The summed E-state index contributed by atoms with van der Waals surface area (Å²) in [5.41, 5.74) is 2.79. The number of carbonyl (C=O) groups is 1. The second-order valence-electron chi connectivity index (χ2n) is 6.21. The van der Waals surface area contributed by atoms with Gasteiger partial charge in [-0.05, 0) is 30.3 Å². The van der Waals surface area contributed by atoms with Gasteiger partial charge in [0, 0.05) is 18.1 Å². The fourth-order valence-electron chi connectivity index (χ4n) is 3.00. The number of rotatable bonds is 3. The van der Waals surface area contributed by atoms with Crippen molar-refractivity contribution in [3.8, 4) is 0 Å². The first kappa shape index (κ1) is 18.7. The zero-order valence-electron chi connectivity index (χ0n) is 15.6. The van der Waals surface area contributed by atoms with Gasteiger partial charge in [0.15, 0.2) is 0 Å². The standard InChI is InChI=1S/C21H19N3O2S2/c1-14-20(21-23(2)16-9-4-5-10-17(16)27-21)28-18(24(14)13-19(25)26-3)12-15-8-6-7-11-22-15/h4-12H,1,13H2,2-3H3/b18-12-,21-20+. The Morgan fingerprint density at radius 2 is 2.00 bits per heavy atom. The monoisotopic (exact) mass is 409 g/mol. The van der Waals surface area contributed by atoms with Crippen LogP contribution in [0.15, 0.2) is 80.8 Å². The molecule has 0 amide bonds. The van der Waals surface area contributed by atoms with E-state index in [1.54, 1.807) is 29.7 Å². The number of hydrogen-bond donors (Lipinski definition) is 0. The van der Waals surface area contributed by atoms with E-state index in [-0.39, 0.29) is 12.5 Å². The van der Waals surface area contributed by atoms with E-state index in [4.69, 9.17) is 4.74 Å². The van der Waals surface area contributed by atoms with Gasteiger partial charge in [-0.1, -0.05) is 48.3 Å². The molecule has 0 spiro atoms. The van der Waals surface area contributed by atoms with Gasteiger partial charge in [-0.3, -0.25) is 9.78 Å². The first-order chi connectivity index (χ1) is 13.6. The molecule has 0 bridgehead atoms. The van der Waals surface area contributed by atoms with Crippen molar-refractivity contribution >= 4 is 41.3 Å². The molecule has 5 nitrogen and oxygen atoms in total. The van der Waals surface area contributed by atoms with E-state index in [0.717, 1.165) is 26.4 Å². The molecule has 1 aromatic carbocycles. The van der Waals surface area contributed by atoms with Gasteiger partial charge in [0.05, 0.1) is 39.2 Å². The lowest BCUT2D eigenvalue weighted by Gasteiger charge is -2.19. The summed E-state index contributed by atoms with van der Waals surface area (Å²) >= 11 is 3.32. The van der Waals surface area contributed by atoms with E-state index < -0.39 is 0 Å². The van der Waals surface area contributed by atoms with Crippen LogP contribution in [-0.2, 0) is 9.53 Å². The maximum atomic E-state index is 12.0. The van der Waals surface area contributed by atoms with Crippen LogP contribution in [0.25, 0.3) is 6.08 Å². The molecule has 4 rings (SSSR count). The molecular formula is C21H19N3O2S2. The molecular weight excluding hydrogens is 390 g/mol. The molecule has 3 heterocycles. The van der Waals surface area contributed by atoms with E-state index in [0.29, 0.717) is 0 Å². The van der Waals surface area contributed by atoms with Crippen molar-refractivity contribution in [2.45, 2.75) is 4.90 Å². The smallest absolute Gasteiger partial charge is 0.325 e. The van der Waals surface area contributed by atoms with E-state index >= 15 is 0 Å². The van der Waals surface area contributed by atoms with Crippen molar-refractivity contribution in [1.29, 1.82) is 0 Å². The maximum Gasteiger partial charge on any atom is 0.325 e. The molecule has 0 saturated carbocycles. The summed E-state index contributed by atoms with van der Waals surface area (Å²) in [5.74, 6) is -0.310. The highest BCUT2D eigenvalue weighted by atomic mass is 32.2. The van der Waals surface area contributed by atoms with Crippen molar-refractivity contribution in [3.05, 3.63) is 81.6 Å². The number of nitrogens with zero attached hydrogens (tertiary/aromatic N) is 3. The highest BCUT2D eigenvalue weighted by Crippen LogP contribution is 2.54. The number of anilines is 1. The number of aromatic nitrogens is 1. The number of pyridine rings is 1. The molecule has 2 aromatic rings. The van der Waals surface area contributed by atoms with E-state index in [1.807, 2.05) is 41.3 Å². The molecule has 2 aliphatic heterocycles. The van der Waals surface area contributed by atoms with Crippen LogP contribution in [-0.4, -0.2) is 36.6 Å². The van der Waals surface area contributed by atoms with Crippen molar-refractivity contribution in [1.82, 2.24) is 9.88 Å². The first-order valence-corrected chi connectivity index (χ1v) is 10.3. The second-order valence-corrected chi connectivity index (χ2v) is 8.27. The Hall–Kier alpha value is -2.64. The predicted molar refractivity (Wildman–Crippen MR) is 115 cm³/mol. The molecule has 0 radical (unpaired) electrons. The van der Waals surface area contributed by atoms with E-state index in [9.17, 15) is 4.79 Å². The van der Waals surface area contributed by atoms with Crippen molar-refractivity contribution in [2.24, 2.45) is 0 Å². The highest BCUT2D eigenvalue weighted by Gasteiger charge is 2.35. The van der Waals surface area contributed by atoms with Crippen LogP contribution in [0.2, 0.25) is 0 Å². The van der Waals surface area contributed by atoms with Gasteiger partial charge in [0.25, 0.3) is 0 Å². The van der Waals surface area contributed by atoms with Crippen LogP contribution in [0.3, 0.4) is 0 Å². The predicted octanol–water partition coefficient (Wildman–Crippen LogP) is 4.53. The lowest BCUT2D eigenvalue weighted by atomic mass is 10.3. The second kappa shape index (κ2) is 7.77. The third-order valence-electron chi connectivity index (χ3n) is 4.47. The summed E-state index contributed by atoms with van der Waals surface area (Å²) < 4.78 is 4.89. The molecule has 28 heavy (non-hydrogen) atoms. The lowest BCUT2D eigenvalue weighted by Crippen LogP contribution is -2.25. The molecule has 2 aliphatic rings. The van der Waals surface area contributed by atoms with E-state index in [2.05, 4.69) is 35.6 Å².